The monoisotopic (exact) mass is 315 g/mol. The summed E-state index contributed by atoms with van der Waals surface area (Å²) in [4.78, 5) is 15.4. The highest BCUT2D eigenvalue weighted by Gasteiger charge is 2.34. The molecule has 3 aliphatic carbocycles. The van der Waals surface area contributed by atoms with Crippen LogP contribution in [0.4, 0.5) is 0 Å². The molecule has 1 aromatic heterocycles. The molecule has 126 valence electrons. The van der Waals surface area contributed by atoms with Gasteiger partial charge in [-0.2, -0.15) is 5.10 Å². The number of hydrogen-bond donors (Lipinski definition) is 0. The van der Waals surface area contributed by atoms with Gasteiger partial charge in [0.2, 0.25) is 5.91 Å². The van der Waals surface area contributed by atoms with Crippen LogP contribution in [0.15, 0.2) is 0 Å². The van der Waals surface area contributed by atoms with Crippen molar-refractivity contribution < 1.29 is 4.79 Å². The number of carbonyl (C=O) groups excluding carboxylic acids is 1. The van der Waals surface area contributed by atoms with Crippen LogP contribution in [0.1, 0.15) is 74.7 Å². The number of amides is 1. The first-order valence-electron chi connectivity index (χ1n) is 9.58. The fraction of sp³-hybridized carbons (Fsp3) is 0.789. The zero-order valence-corrected chi connectivity index (χ0v) is 14.4. The zero-order chi connectivity index (χ0) is 15.8. The average molecular weight is 315 g/mol. The molecule has 0 aliphatic heterocycles. The minimum Gasteiger partial charge on any atom is -0.333 e. The van der Waals surface area contributed by atoms with Crippen LogP contribution in [-0.2, 0) is 31.2 Å². The lowest BCUT2D eigenvalue weighted by Gasteiger charge is -2.31. The van der Waals surface area contributed by atoms with E-state index in [9.17, 15) is 4.79 Å². The topological polar surface area (TPSA) is 38.1 Å². The lowest BCUT2D eigenvalue weighted by Crippen LogP contribution is -2.41. The van der Waals surface area contributed by atoms with Crippen molar-refractivity contribution in [3.05, 3.63) is 17.0 Å². The molecule has 1 aromatic rings. The normalized spacial score (nSPS) is 22.0. The molecule has 4 heteroatoms. The third-order valence-electron chi connectivity index (χ3n) is 6.27. The Morgan fingerprint density at radius 3 is 2.52 bits per heavy atom. The third-order valence-corrected chi connectivity index (χ3v) is 6.27. The van der Waals surface area contributed by atoms with Gasteiger partial charge in [-0.25, -0.2) is 0 Å². The first kappa shape index (κ1) is 15.2. The molecule has 4 nitrogen and oxygen atoms in total. The number of carbonyl (C=O) groups is 1. The summed E-state index contributed by atoms with van der Waals surface area (Å²) in [6, 6.07) is 0.460. The van der Waals surface area contributed by atoms with E-state index in [0.717, 1.165) is 32.2 Å². The van der Waals surface area contributed by atoms with Crippen LogP contribution in [0.5, 0.6) is 0 Å². The molecule has 3 aliphatic rings. The summed E-state index contributed by atoms with van der Waals surface area (Å²) in [7, 11) is 2.06. The van der Waals surface area contributed by atoms with Crippen molar-refractivity contribution >= 4 is 5.91 Å². The number of aryl methyl sites for hydroxylation is 1. The third kappa shape index (κ3) is 2.81. The lowest BCUT2D eigenvalue weighted by atomic mass is 10.0. The maximum atomic E-state index is 13.1. The highest BCUT2D eigenvalue weighted by atomic mass is 16.2. The van der Waals surface area contributed by atoms with E-state index >= 15 is 0 Å². The van der Waals surface area contributed by atoms with Crippen molar-refractivity contribution in [1.29, 1.82) is 0 Å². The lowest BCUT2D eigenvalue weighted by molar-refractivity contribution is -0.138. The Morgan fingerprint density at radius 2 is 1.78 bits per heavy atom. The molecule has 0 aromatic carbocycles. The summed E-state index contributed by atoms with van der Waals surface area (Å²) >= 11 is 0. The van der Waals surface area contributed by atoms with Gasteiger partial charge >= 0.3 is 0 Å². The second kappa shape index (κ2) is 6.29. The van der Waals surface area contributed by atoms with E-state index in [-0.39, 0.29) is 5.92 Å². The van der Waals surface area contributed by atoms with Crippen molar-refractivity contribution in [3.63, 3.8) is 0 Å². The number of fused-ring (bicyclic) bond motifs is 1. The van der Waals surface area contributed by atoms with Crippen LogP contribution >= 0.6 is 0 Å². The smallest absolute Gasteiger partial charge is 0.226 e. The van der Waals surface area contributed by atoms with Crippen LogP contribution in [-0.4, -0.2) is 26.6 Å². The largest absolute Gasteiger partial charge is 0.333 e. The van der Waals surface area contributed by atoms with Crippen molar-refractivity contribution in [2.24, 2.45) is 13.0 Å². The van der Waals surface area contributed by atoms with Gasteiger partial charge in [0.25, 0.3) is 0 Å². The molecular weight excluding hydrogens is 286 g/mol. The van der Waals surface area contributed by atoms with Crippen molar-refractivity contribution in [3.8, 4) is 0 Å². The molecule has 0 saturated heterocycles. The molecule has 0 radical (unpaired) electrons. The summed E-state index contributed by atoms with van der Waals surface area (Å²) in [5.41, 5.74) is 4.02. The van der Waals surface area contributed by atoms with Gasteiger partial charge in [-0.1, -0.05) is 25.7 Å². The van der Waals surface area contributed by atoms with E-state index in [0.29, 0.717) is 11.9 Å². The van der Waals surface area contributed by atoms with Crippen LogP contribution in [0, 0.1) is 5.92 Å². The Labute approximate surface area is 139 Å². The Kier molecular flexibility index (Phi) is 4.16. The quantitative estimate of drug-likeness (QED) is 0.854. The molecule has 1 heterocycles. The highest BCUT2D eigenvalue weighted by molar-refractivity contribution is 5.79. The van der Waals surface area contributed by atoms with Gasteiger partial charge in [-0.3, -0.25) is 9.48 Å². The van der Waals surface area contributed by atoms with E-state index in [1.807, 2.05) is 0 Å². The maximum Gasteiger partial charge on any atom is 0.226 e. The zero-order valence-electron chi connectivity index (χ0n) is 14.4. The minimum atomic E-state index is 0.285. The Hall–Kier alpha value is -1.32. The van der Waals surface area contributed by atoms with Gasteiger partial charge in [0.15, 0.2) is 0 Å². The molecule has 1 amide bonds. The molecule has 0 atom stereocenters. The van der Waals surface area contributed by atoms with Gasteiger partial charge in [0.1, 0.15) is 0 Å². The summed E-state index contributed by atoms with van der Waals surface area (Å²) in [6.07, 6.45) is 13.1. The highest BCUT2D eigenvalue weighted by Crippen LogP contribution is 2.33. The molecule has 23 heavy (non-hydrogen) atoms. The van der Waals surface area contributed by atoms with Crippen LogP contribution in [0.25, 0.3) is 0 Å². The Bertz CT molecular complexity index is 580. The summed E-state index contributed by atoms with van der Waals surface area (Å²) < 4.78 is 2.06. The van der Waals surface area contributed by atoms with Gasteiger partial charge in [-0.15, -0.1) is 0 Å². The van der Waals surface area contributed by atoms with E-state index in [1.165, 1.54) is 61.9 Å². The SMILES string of the molecule is Cn1nc(CN(C(=O)C2CCCC2)C2CCCC2)c2c1CCC2. The number of hydrogen-bond acceptors (Lipinski definition) is 2. The predicted molar refractivity (Wildman–Crippen MR) is 90.0 cm³/mol. The van der Waals surface area contributed by atoms with E-state index in [1.54, 1.807) is 0 Å². The van der Waals surface area contributed by atoms with Crippen LogP contribution in [0.2, 0.25) is 0 Å². The summed E-state index contributed by atoms with van der Waals surface area (Å²) in [6.45, 7) is 0.753. The van der Waals surface area contributed by atoms with Gasteiger partial charge in [0, 0.05) is 24.7 Å². The molecule has 4 rings (SSSR count). The standard InChI is InChI=1S/C19H29N3O/c1-21-18-12-6-11-16(18)17(20-21)13-22(15-9-4-5-10-15)19(23)14-7-2-3-8-14/h14-15H,2-13H2,1H3. The molecule has 0 spiro atoms. The number of nitrogens with zero attached hydrogens (tertiary/aromatic N) is 3. The van der Waals surface area contributed by atoms with E-state index < -0.39 is 0 Å². The van der Waals surface area contributed by atoms with E-state index in [2.05, 4.69) is 16.6 Å². The summed E-state index contributed by atoms with van der Waals surface area (Å²) in [5, 5.41) is 4.78. The molecule has 0 unspecified atom stereocenters. The van der Waals surface area contributed by atoms with Crippen LogP contribution in [0.3, 0.4) is 0 Å². The first-order chi connectivity index (χ1) is 11.2. The van der Waals surface area contributed by atoms with Gasteiger partial charge in [0.05, 0.1) is 12.2 Å². The summed E-state index contributed by atoms with van der Waals surface area (Å²) in [5.74, 6) is 0.708. The minimum absolute atomic E-state index is 0.285. The van der Waals surface area contributed by atoms with Crippen LogP contribution < -0.4 is 0 Å². The van der Waals surface area contributed by atoms with Crippen molar-refractivity contribution in [2.75, 3.05) is 0 Å². The van der Waals surface area contributed by atoms with Gasteiger partial charge < -0.3 is 4.90 Å². The predicted octanol–water partition coefficient (Wildman–Crippen LogP) is 3.37. The van der Waals surface area contributed by atoms with Crippen molar-refractivity contribution in [2.45, 2.75) is 83.2 Å². The van der Waals surface area contributed by atoms with Gasteiger partial charge in [-0.05, 0) is 50.5 Å². The molecule has 0 bridgehead atoms. The first-order valence-corrected chi connectivity index (χ1v) is 9.58. The molecule has 0 N–H and O–H groups in total. The number of aromatic nitrogens is 2. The molecule has 2 fully saturated rings. The van der Waals surface area contributed by atoms with Crippen molar-refractivity contribution in [1.82, 2.24) is 14.7 Å². The molecule has 2 saturated carbocycles. The maximum absolute atomic E-state index is 13.1. The fourth-order valence-corrected chi connectivity index (χ4v) is 5.00. The average Bonchev–Trinajstić information content (AvgIpc) is 3.32. The Balaban J connectivity index is 1.58. The number of rotatable bonds is 4. The Morgan fingerprint density at radius 1 is 1.09 bits per heavy atom. The second-order valence-corrected chi connectivity index (χ2v) is 7.73. The second-order valence-electron chi connectivity index (χ2n) is 7.73. The fourth-order valence-electron chi connectivity index (χ4n) is 5.00. The van der Waals surface area contributed by atoms with E-state index in [4.69, 9.17) is 5.10 Å². The molecular formula is C19H29N3O.